The zero-order chi connectivity index (χ0) is 21.0. The highest BCUT2D eigenvalue weighted by Gasteiger charge is 2.31. The van der Waals surface area contributed by atoms with E-state index in [4.69, 9.17) is 9.47 Å². The van der Waals surface area contributed by atoms with Crippen molar-refractivity contribution in [2.45, 2.75) is 37.0 Å². The smallest absolute Gasteiger partial charge is 0.233 e. The summed E-state index contributed by atoms with van der Waals surface area (Å²) in [4.78, 5) is 16.4. The molecule has 3 aromatic rings. The minimum absolute atomic E-state index is 0.0839. The maximum Gasteiger partial charge on any atom is 0.233 e. The number of rotatable bonds is 7. The van der Waals surface area contributed by atoms with Crippen molar-refractivity contribution < 1.29 is 14.3 Å². The van der Waals surface area contributed by atoms with E-state index >= 15 is 0 Å². The number of aromatic nitrogens is 3. The van der Waals surface area contributed by atoms with Crippen LogP contribution in [0.1, 0.15) is 29.3 Å². The molecule has 2 aromatic heterocycles. The summed E-state index contributed by atoms with van der Waals surface area (Å²) in [5, 5.41) is 11.1. The van der Waals surface area contributed by atoms with Gasteiger partial charge in [-0.2, -0.15) is 0 Å². The maximum absolute atomic E-state index is 13.1. The van der Waals surface area contributed by atoms with Gasteiger partial charge in [0.2, 0.25) is 5.91 Å². The fourth-order valence-corrected chi connectivity index (χ4v) is 5.61. The summed E-state index contributed by atoms with van der Waals surface area (Å²) in [5.74, 6) is 2.05. The molecule has 0 N–H and O–H groups in total. The highest BCUT2D eigenvalue weighted by Crippen LogP contribution is 2.38. The number of hydrogen-bond acceptors (Lipinski definition) is 7. The summed E-state index contributed by atoms with van der Waals surface area (Å²) >= 11 is 3.22. The lowest BCUT2D eigenvalue weighted by atomic mass is 10.0. The van der Waals surface area contributed by atoms with Gasteiger partial charge in [-0.05, 0) is 48.4 Å². The predicted octanol–water partition coefficient (Wildman–Crippen LogP) is 3.81. The number of thiophene rings is 1. The van der Waals surface area contributed by atoms with Crippen LogP contribution < -0.4 is 9.47 Å². The average Bonchev–Trinajstić information content (AvgIpc) is 3.57. The second-order valence-electron chi connectivity index (χ2n) is 7.57. The van der Waals surface area contributed by atoms with Crippen LogP contribution in [0, 0.1) is 0 Å². The van der Waals surface area contributed by atoms with E-state index in [2.05, 4.69) is 33.8 Å². The van der Waals surface area contributed by atoms with Crippen molar-refractivity contribution in [3.8, 4) is 11.5 Å². The number of amides is 1. The molecule has 0 aliphatic carbocycles. The Morgan fingerprint density at radius 2 is 2.13 bits per heavy atom. The molecule has 162 valence electrons. The number of fused-ring (bicyclic) bond motifs is 1. The molecule has 1 unspecified atom stereocenters. The van der Waals surface area contributed by atoms with Gasteiger partial charge >= 0.3 is 0 Å². The molecule has 2 aliphatic rings. The molecule has 1 aromatic carbocycles. The molecule has 0 radical (unpaired) electrons. The molecular weight excluding hydrogens is 432 g/mol. The second kappa shape index (κ2) is 9.32. The normalized spacial score (nSPS) is 17.8. The zero-order valence-electron chi connectivity index (χ0n) is 17.1. The van der Waals surface area contributed by atoms with E-state index in [-0.39, 0.29) is 11.9 Å². The molecule has 5 rings (SSSR count). The van der Waals surface area contributed by atoms with Crippen molar-refractivity contribution in [3.63, 3.8) is 0 Å². The summed E-state index contributed by atoms with van der Waals surface area (Å²) in [5.41, 5.74) is 1.11. The predicted molar refractivity (Wildman–Crippen MR) is 120 cm³/mol. The quantitative estimate of drug-likeness (QED) is 0.504. The van der Waals surface area contributed by atoms with Crippen LogP contribution in [0.5, 0.6) is 11.5 Å². The minimum atomic E-state index is 0.0839. The van der Waals surface area contributed by atoms with Gasteiger partial charge in [0.25, 0.3) is 0 Å². The topological polar surface area (TPSA) is 69.5 Å². The van der Waals surface area contributed by atoms with Crippen molar-refractivity contribution in [1.29, 1.82) is 0 Å². The van der Waals surface area contributed by atoms with Gasteiger partial charge in [0.15, 0.2) is 16.7 Å². The first-order valence-electron chi connectivity index (χ1n) is 10.5. The number of likely N-dealkylation sites (tertiary alicyclic amines) is 1. The van der Waals surface area contributed by atoms with Gasteiger partial charge in [-0.1, -0.05) is 23.9 Å². The Bertz CT molecular complexity index is 1040. The van der Waals surface area contributed by atoms with Crippen LogP contribution in [0.15, 0.2) is 47.2 Å². The SMILES string of the molecule is O=C(CSc1nncn1CCc1cccs1)N1CCCC1c1ccc2c(c1)OCCO2. The molecule has 0 bridgehead atoms. The third-order valence-corrected chi connectivity index (χ3v) is 7.51. The van der Waals surface area contributed by atoms with Gasteiger partial charge in [-0.25, -0.2) is 0 Å². The van der Waals surface area contributed by atoms with Crippen molar-refractivity contribution in [2.24, 2.45) is 0 Å². The monoisotopic (exact) mass is 456 g/mol. The summed E-state index contributed by atoms with van der Waals surface area (Å²) in [6.07, 6.45) is 4.66. The highest BCUT2D eigenvalue weighted by atomic mass is 32.2. The number of benzene rings is 1. The molecule has 2 aliphatic heterocycles. The van der Waals surface area contributed by atoms with E-state index in [9.17, 15) is 4.79 Å². The summed E-state index contributed by atoms with van der Waals surface area (Å²) in [6.45, 7) is 2.74. The molecule has 1 fully saturated rings. The van der Waals surface area contributed by atoms with Crippen LogP contribution in [0.25, 0.3) is 0 Å². The molecule has 31 heavy (non-hydrogen) atoms. The Morgan fingerprint density at radius 1 is 1.23 bits per heavy atom. The summed E-state index contributed by atoms with van der Waals surface area (Å²) < 4.78 is 13.4. The molecule has 0 spiro atoms. The molecule has 9 heteroatoms. The van der Waals surface area contributed by atoms with E-state index in [0.717, 1.165) is 54.6 Å². The van der Waals surface area contributed by atoms with Crippen molar-refractivity contribution in [2.75, 3.05) is 25.5 Å². The molecule has 1 saturated heterocycles. The third-order valence-electron chi connectivity index (χ3n) is 5.61. The highest BCUT2D eigenvalue weighted by molar-refractivity contribution is 7.99. The van der Waals surface area contributed by atoms with Crippen LogP contribution >= 0.6 is 23.1 Å². The summed E-state index contributed by atoms with van der Waals surface area (Å²) in [6, 6.07) is 10.3. The van der Waals surface area contributed by atoms with Crippen molar-refractivity contribution in [3.05, 3.63) is 52.5 Å². The Hall–Kier alpha value is -2.52. The van der Waals surface area contributed by atoms with Crippen LogP contribution in [0.2, 0.25) is 0 Å². The number of aryl methyl sites for hydroxylation is 2. The molecule has 1 atom stereocenters. The zero-order valence-corrected chi connectivity index (χ0v) is 18.7. The van der Waals surface area contributed by atoms with Crippen molar-refractivity contribution in [1.82, 2.24) is 19.7 Å². The lowest BCUT2D eigenvalue weighted by Crippen LogP contribution is -2.32. The van der Waals surface area contributed by atoms with Gasteiger partial charge < -0.3 is 18.9 Å². The lowest BCUT2D eigenvalue weighted by molar-refractivity contribution is -0.129. The first-order chi connectivity index (χ1) is 15.3. The standard InChI is InChI=1S/C22H24N4O3S2/c27-21(14-31-22-24-23-15-25(22)9-7-17-3-2-12-30-17)26-8-1-4-18(26)16-5-6-19-20(13-16)29-11-10-28-19/h2-3,5-6,12-13,15,18H,1,4,7-11,14H2. The minimum Gasteiger partial charge on any atom is -0.486 e. The average molecular weight is 457 g/mol. The first kappa shape index (κ1) is 20.4. The maximum atomic E-state index is 13.1. The fraction of sp³-hybridized carbons (Fsp3) is 0.409. The van der Waals surface area contributed by atoms with E-state index in [1.807, 2.05) is 21.6 Å². The number of carbonyl (C=O) groups excluding carboxylic acids is 1. The Balaban J connectivity index is 1.21. The lowest BCUT2D eigenvalue weighted by Gasteiger charge is -2.26. The number of nitrogens with zero attached hydrogens (tertiary/aromatic N) is 4. The first-order valence-corrected chi connectivity index (χ1v) is 12.4. The van der Waals surface area contributed by atoms with Gasteiger partial charge in [0, 0.05) is 18.0 Å². The van der Waals surface area contributed by atoms with Crippen LogP contribution in [-0.4, -0.2) is 51.1 Å². The van der Waals surface area contributed by atoms with E-state index in [1.165, 1.54) is 16.6 Å². The largest absolute Gasteiger partial charge is 0.486 e. The Labute approximate surface area is 189 Å². The van der Waals surface area contributed by atoms with E-state index in [1.54, 1.807) is 17.7 Å². The van der Waals surface area contributed by atoms with Gasteiger partial charge in [-0.15, -0.1) is 21.5 Å². The summed E-state index contributed by atoms with van der Waals surface area (Å²) in [7, 11) is 0. The Kier molecular flexibility index (Phi) is 6.13. The van der Waals surface area contributed by atoms with Crippen LogP contribution in [-0.2, 0) is 17.8 Å². The number of ether oxygens (including phenoxy) is 2. The fourth-order valence-electron chi connectivity index (χ4n) is 4.08. The molecule has 7 nitrogen and oxygen atoms in total. The van der Waals surface area contributed by atoms with Gasteiger partial charge in [0.05, 0.1) is 11.8 Å². The molecule has 1 amide bonds. The van der Waals surface area contributed by atoms with Crippen molar-refractivity contribution >= 4 is 29.0 Å². The van der Waals surface area contributed by atoms with E-state index in [0.29, 0.717) is 19.0 Å². The number of thioether (sulfide) groups is 1. The molecular formula is C22H24N4O3S2. The Morgan fingerprint density at radius 3 is 3.00 bits per heavy atom. The third kappa shape index (κ3) is 4.57. The number of hydrogen-bond donors (Lipinski definition) is 0. The molecule has 4 heterocycles. The van der Waals surface area contributed by atoms with Gasteiger partial charge in [0.1, 0.15) is 19.5 Å². The van der Waals surface area contributed by atoms with Crippen LogP contribution in [0.3, 0.4) is 0 Å². The van der Waals surface area contributed by atoms with E-state index < -0.39 is 0 Å². The number of carbonyl (C=O) groups is 1. The van der Waals surface area contributed by atoms with Gasteiger partial charge in [-0.3, -0.25) is 4.79 Å². The molecule has 0 saturated carbocycles. The van der Waals surface area contributed by atoms with Crippen LogP contribution in [0.4, 0.5) is 0 Å². The second-order valence-corrected chi connectivity index (χ2v) is 9.55.